The molecule has 1 N–H and O–H groups in total. The molecular weight excluding hydrogens is 437 g/mol. The van der Waals surface area contributed by atoms with Crippen LogP contribution >= 0.6 is 0 Å². The summed E-state index contributed by atoms with van der Waals surface area (Å²) in [4.78, 5) is 19.0. The molecule has 6 rings (SSSR count). The number of amides is 1. The average Bonchev–Trinajstić information content (AvgIpc) is 2.78. The van der Waals surface area contributed by atoms with Crippen LogP contribution in [-0.4, -0.2) is 74.2 Å². The van der Waals surface area contributed by atoms with E-state index in [4.69, 9.17) is 9.47 Å². The maximum Gasteiger partial charge on any atom is 0.262 e. The molecule has 2 saturated heterocycles. The molecule has 4 aliphatic heterocycles. The van der Waals surface area contributed by atoms with Crippen molar-refractivity contribution < 1.29 is 18.7 Å². The SMILES string of the molecule is C[C@@H]1C(=O)NN=C2COc3cc(-c4ccccc4F)c(N(C)C4(C)CN(C5COC5)C4)cc3N21. The van der Waals surface area contributed by atoms with Crippen molar-refractivity contribution in [2.75, 3.05) is 49.8 Å². The normalized spacial score (nSPS) is 23.5. The second kappa shape index (κ2) is 7.68. The summed E-state index contributed by atoms with van der Waals surface area (Å²) in [5.74, 6) is 0.808. The Kier molecular flexibility index (Phi) is 4.82. The van der Waals surface area contributed by atoms with E-state index >= 15 is 0 Å². The molecule has 9 heteroatoms. The third-order valence-corrected chi connectivity index (χ3v) is 7.59. The molecule has 0 radical (unpaired) electrons. The minimum atomic E-state index is -0.430. The summed E-state index contributed by atoms with van der Waals surface area (Å²) in [5, 5.41) is 4.20. The minimum Gasteiger partial charge on any atom is -0.483 e. The predicted octanol–water partition coefficient (Wildman–Crippen LogP) is 2.43. The fourth-order valence-electron chi connectivity index (χ4n) is 5.26. The summed E-state index contributed by atoms with van der Waals surface area (Å²) in [6.45, 7) is 7.68. The van der Waals surface area contributed by atoms with E-state index in [0.29, 0.717) is 23.2 Å². The van der Waals surface area contributed by atoms with Crippen molar-refractivity contribution in [3.05, 3.63) is 42.2 Å². The third-order valence-electron chi connectivity index (χ3n) is 7.59. The summed E-state index contributed by atoms with van der Waals surface area (Å²) in [7, 11) is 2.06. The second-order valence-electron chi connectivity index (χ2n) is 9.81. The topological polar surface area (TPSA) is 69.6 Å². The fourth-order valence-corrected chi connectivity index (χ4v) is 5.26. The van der Waals surface area contributed by atoms with Gasteiger partial charge in [-0.15, -0.1) is 0 Å². The number of anilines is 2. The second-order valence-corrected chi connectivity index (χ2v) is 9.81. The Morgan fingerprint density at radius 1 is 1.21 bits per heavy atom. The number of ether oxygens (including phenoxy) is 2. The molecule has 8 nitrogen and oxygen atoms in total. The van der Waals surface area contributed by atoms with Gasteiger partial charge in [0.2, 0.25) is 0 Å². The summed E-state index contributed by atoms with van der Waals surface area (Å²) in [5.41, 5.74) is 5.38. The lowest BCUT2D eigenvalue weighted by Crippen LogP contribution is -2.72. The molecule has 1 amide bonds. The lowest BCUT2D eigenvalue weighted by Gasteiger charge is -2.58. The quantitative estimate of drug-likeness (QED) is 0.748. The Morgan fingerprint density at radius 2 is 1.97 bits per heavy atom. The number of hydrogen-bond donors (Lipinski definition) is 1. The first kappa shape index (κ1) is 21.4. The smallest absolute Gasteiger partial charge is 0.262 e. The molecule has 2 fully saturated rings. The van der Waals surface area contributed by atoms with Gasteiger partial charge in [-0.1, -0.05) is 18.2 Å². The van der Waals surface area contributed by atoms with Crippen molar-refractivity contribution in [3.63, 3.8) is 0 Å². The number of halogens is 1. The molecule has 1 atom stereocenters. The van der Waals surface area contributed by atoms with Gasteiger partial charge in [0.05, 0.1) is 30.5 Å². The van der Waals surface area contributed by atoms with Gasteiger partial charge in [-0.25, -0.2) is 9.82 Å². The molecule has 0 aliphatic carbocycles. The van der Waals surface area contributed by atoms with Gasteiger partial charge in [-0.3, -0.25) is 9.69 Å². The van der Waals surface area contributed by atoms with Crippen LogP contribution in [0, 0.1) is 5.82 Å². The molecule has 0 aromatic heterocycles. The average molecular weight is 466 g/mol. The molecule has 178 valence electrons. The summed E-state index contributed by atoms with van der Waals surface area (Å²) in [6, 6.07) is 10.8. The van der Waals surface area contributed by atoms with Crippen LogP contribution in [0.3, 0.4) is 0 Å². The van der Waals surface area contributed by atoms with Crippen LogP contribution in [0.2, 0.25) is 0 Å². The van der Waals surface area contributed by atoms with E-state index < -0.39 is 6.04 Å². The van der Waals surface area contributed by atoms with E-state index in [1.54, 1.807) is 12.1 Å². The van der Waals surface area contributed by atoms with Crippen LogP contribution in [0.1, 0.15) is 13.8 Å². The molecule has 0 saturated carbocycles. The zero-order valence-electron chi connectivity index (χ0n) is 19.5. The number of benzene rings is 2. The van der Waals surface area contributed by atoms with Crippen molar-refractivity contribution in [1.82, 2.24) is 10.3 Å². The van der Waals surface area contributed by atoms with E-state index in [9.17, 15) is 9.18 Å². The number of hydrazone groups is 1. The number of nitrogens with one attached hydrogen (secondary N) is 1. The molecular formula is C25H28FN5O3. The highest BCUT2D eigenvalue weighted by molar-refractivity contribution is 6.10. The van der Waals surface area contributed by atoms with Gasteiger partial charge in [-0.2, -0.15) is 5.10 Å². The molecule has 4 heterocycles. The number of likely N-dealkylation sites (tertiary alicyclic amines) is 1. The molecule has 0 bridgehead atoms. The first-order valence-electron chi connectivity index (χ1n) is 11.6. The van der Waals surface area contributed by atoms with E-state index in [-0.39, 0.29) is 23.9 Å². The van der Waals surface area contributed by atoms with Gasteiger partial charge < -0.3 is 19.3 Å². The highest BCUT2D eigenvalue weighted by Gasteiger charge is 2.47. The lowest BCUT2D eigenvalue weighted by atomic mass is 9.86. The number of carbonyl (C=O) groups excluding carboxylic acids is 1. The molecule has 4 aliphatic rings. The Bertz CT molecular complexity index is 1190. The monoisotopic (exact) mass is 465 g/mol. The van der Waals surface area contributed by atoms with E-state index in [1.165, 1.54) is 6.07 Å². The maximum atomic E-state index is 15.0. The van der Waals surface area contributed by atoms with Crippen LogP contribution in [0.5, 0.6) is 5.75 Å². The number of nitrogens with zero attached hydrogens (tertiary/aromatic N) is 4. The maximum absolute atomic E-state index is 15.0. The number of fused-ring (bicyclic) bond motifs is 3. The van der Waals surface area contributed by atoms with Crippen molar-refractivity contribution in [1.29, 1.82) is 0 Å². The summed E-state index contributed by atoms with van der Waals surface area (Å²) < 4.78 is 26.4. The number of likely N-dealkylation sites (N-methyl/N-ethyl adjacent to an activating group) is 1. The Labute approximate surface area is 197 Å². The first-order chi connectivity index (χ1) is 16.4. The number of amidine groups is 1. The van der Waals surface area contributed by atoms with Crippen LogP contribution in [0.25, 0.3) is 11.1 Å². The van der Waals surface area contributed by atoms with Crippen molar-refractivity contribution >= 4 is 23.1 Å². The molecule has 0 spiro atoms. The third kappa shape index (κ3) is 3.18. The highest BCUT2D eigenvalue weighted by atomic mass is 19.1. The van der Waals surface area contributed by atoms with Gasteiger partial charge in [-0.05, 0) is 32.0 Å². The fraction of sp³-hybridized carbons (Fsp3) is 0.440. The first-order valence-corrected chi connectivity index (χ1v) is 11.6. The van der Waals surface area contributed by atoms with Crippen molar-refractivity contribution in [2.24, 2.45) is 5.10 Å². The lowest BCUT2D eigenvalue weighted by molar-refractivity contribution is -0.122. The van der Waals surface area contributed by atoms with Gasteiger partial charge in [0.25, 0.3) is 5.91 Å². The van der Waals surface area contributed by atoms with Crippen molar-refractivity contribution in [3.8, 4) is 16.9 Å². The van der Waals surface area contributed by atoms with Crippen molar-refractivity contribution in [2.45, 2.75) is 31.5 Å². The predicted molar refractivity (Wildman–Crippen MR) is 128 cm³/mol. The van der Waals surface area contributed by atoms with Crippen LogP contribution < -0.4 is 20.0 Å². The number of hydrogen-bond acceptors (Lipinski definition) is 7. The molecule has 34 heavy (non-hydrogen) atoms. The van der Waals surface area contributed by atoms with Gasteiger partial charge in [0.15, 0.2) is 5.84 Å². The minimum absolute atomic E-state index is 0.124. The molecule has 2 aromatic carbocycles. The van der Waals surface area contributed by atoms with Gasteiger partial charge >= 0.3 is 0 Å². The van der Waals surface area contributed by atoms with Crippen LogP contribution in [0.4, 0.5) is 15.8 Å². The Hall–Kier alpha value is -3.17. The van der Waals surface area contributed by atoms with Crippen LogP contribution in [0.15, 0.2) is 41.5 Å². The van der Waals surface area contributed by atoms with E-state index in [1.807, 2.05) is 30.0 Å². The standard InChI is InChI=1S/C25H28FN5O3/c1-15-24(32)28-27-23-12-34-22-8-18(17-6-4-5-7-19(17)26)20(9-21(22)31(15)23)29(3)25(2)13-30(14-25)16-10-33-11-16/h4-9,15-16H,10-14H2,1-3H3,(H,28,32)/t15-/m1/s1. The zero-order chi connectivity index (χ0) is 23.6. The highest BCUT2D eigenvalue weighted by Crippen LogP contribution is 2.46. The van der Waals surface area contributed by atoms with E-state index in [0.717, 1.165) is 43.2 Å². The van der Waals surface area contributed by atoms with Gasteiger partial charge in [0.1, 0.15) is 24.2 Å². The van der Waals surface area contributed by atoms with E-state index in [2.05, 4.69) is 34.3 Å². The Balaban J connectivity index is 1.45. The molecule has 0 unspecified atom stereocenters. The summed E-state index contributed by atoms with van der Waals surface area (Å²) in [6.07, 6.45) is 0. The number of rotatable bonds is 4. The Morgan fingerprint density at radius 3 is 2.68 bits per heavy atom. The zero-order valence-corrected chi connectivity index (χ0v) is 19.5. The number of carbonyl (C=O) groups is 1. The van der Waals surface area contributed by atoms with Gasteiger partial charge in [0, 0.05) is 37.0 Å². The summed E-state index contributed by atoms with van der Waals surface area (Å²) >= 11 is 0. The molecule has 2 aromatic rings. The largest absolute Gasteiger partial charge is 0.483 e. The van der Waals surface area contributed by atoms with Crippen LogP contribution in [-0.2, 0) is 9.53 Å².